The highest BCUT2D eigenvalue weighted by Crippen LogP contribution is 2.35. The normalized spacial score (nSPS) is 13.0. The van der Waals surface area contributed by atoms with Crippen LogP contribution in [0.15, 0.2) is 28.8 Å². The van der Waals surface area contributed by atoms with Crippen molar-refractivity contribution in [1.82, 2.24) is 10.5 Å². The molecule has 1 aromatic heterocycles. The van der Waals surface area contributed by atoms with Crippen LogP contribution in [0.3, 0.4) is 0 Å². The molecule has 1 aliphatic heterocycles. The average molecular weight is 232 g/mol. The Morgan fingerprint density at radius 1 is 1.24 bits per heavy atom. The molecular formula is C12H12N2O3. The van der Waals surface area contributed by atoms with E-state index < -0.39 is 0 Å². The number of ether oxygens (including phenoxy) is 2. The maximum absolute atomic E-state index is 5.32. The molecular weight excluding hydrogens is 220 g/mol. The Balaban J connectivity index is 1.92. The van der Waals surface area contributed by atoms with Crippen LogP contribution in [0.1, 0.15) is 5.76 Å². The maximum atomic E-state index is 5.32. The fourth-order valence-electron chi connectivity index (χ4n) is 1.76. The molecule has 0 amide bonds. The molecule has 0 bridgehead atoms. The minimum Gasteiger partial charge on any atom is -0.454 e. The zero-order valence-electron chi connectivity index (χ0n) is 9.40. The van der Waals surface area contributed by atoms with Gasteiger partial charge in [-0.2, -0.15) is 0 Å². The molecule has 0 radical (unpaired) electrons. The second kappa shape index (κ2) is 4.10. The van der Waals surface area contributed by atoms with E-state index in [1.54, 1.807) is 0 Å². The second-order valence-electron chi connectivity index (χ2n) is 3.78. The van der Waals surface area contributed by atoms with E-state index in [1.807, 2.05) is 31.3 Å². The summed E-state index contributed by atoms with van der Waals surface area (Å²) in [7, 11) is 1.86. The molecule has 0 saturated carbocycles. The number of hydrogen-bond donors (Lipinski definition) is 1. The van der Waals surface area contributed by atoms with Crippen LogP contribution in [0.2, 0.25) is 0 Å². The quantitative estimate of drug-likeness (QED) is 0.874. The number of nitrogens with zero attached hydrogens (tertiary/aromatic N) is 1. The van der Waals surface area contributed by atoms with Gasteiger partial charge in [-0.05, 0) is 25.2 Å². The molecule has 0 spiro atoms. The summed E-state index contributed by atoms with van der Waals surface area (Å²) in [5.74, 6) is 2.33. The molecule has 3 rings (SSSR count). The molecule has 0 atom stereocenters. The average Bonchev–Trinajstić information content (AvgIpc) is 2.96. The molecule has 2 aromatic rings. The van der Waals surface area contributed by atoms with Crippen LogP contribution in [-0.2, 0) is 6.54 Å². The smallest absolute Gasteiger partial charge is 0.231 e. The van der Waals surface area contributed by atoms with Gasteiger partial charge in [-0.25, -0.2) is 0 Å². The highest BCUT2D eigenvalue weighted by Gasteiger charge is 2.15. The number of hydrogen-bond acceptors (Lipinski definition) is 5. The van der Waals surface area contributed by atoms with E-state index in [4.69, 9.17) is 14.0 Å². The zero-order chi connectivity index (χ0) is 11.7. The first-order valence-electron chi connectivity index (χ1n) is 5.37. The Morgan fingerprint density at radius 3 is 3.00 bits per heavy atom. The Morgan fingerprint density at radius 2 is 2.12 bits per heavy atom. The first-order valence-corrected chi connectivity index (χ1v) is 5.37. The van der Waals surface area contributed by atoms with Crippen molar-refractivity contribution in [1.29, 1.82) is 0 Å². The molecule has 0 fully saturated rings. The summed E-state index contributed by atoms with van der Waals surface area (Å²) in [5.41, 5.74) is 1.76. The van der Waals surface area contributed by atoms with Crippen molar-refractivity contribution in [3.8, 4) is 22.8 Å². The van der Waals surface area contributed by atoms with Crippen LogP contribution in [0, 0.1) is 0 Å². The molecule has 5 nitrogen and oxygen atoms in total. The van der Waals surface area contributed by atoms with E-state index in [0.29, 0.717) is 6.54 Å². The lowest BCUT2D eigenvalue weighted by atomic mass is 10.1. The summed E-state index contributed by atoms with van der Waals surface area (Å²) in [4.78, 5) is 0. The number of benzene rings is 1. The number of nitrogens with one attached hydrogen (secondary N) is 1. The van der Waals surface area contributed by atoms with E-state index in [-0.39, 0.29) is 6.79 Å². The molecule has 88 valence electrons. The molecule has 1 N–H and O–H groups in total. The van der Waals surface area contributed by atoms with Crippen molar-refractivity contribution in [2.45, 2.75) is 6.54 Å². The molecule has 0 aliphatic carbocycles. The van der Waals surface area contributed by atoms with Crippen LogP contribution < -0.4 is 14.8 Å². The third kappa shape index (κ3) is 1.85. The topological polar surface area (TPSA) is 56.5 Å². The van der Waals surface area contributed by atoms with Gasteiger partial charge < -0.3 is 19.3 Å². The van der Waals surface area contributed by atoms with Crippen LogP contribution in [0.25, 0.3) is 11.3 Å². The predicted octanol–water partition coefficient (Wildman–Crippen LogP) is 1.79. The zero-order valence-corrected chi connectivity index (χ0v) is 9.40. The highest BCUT2D eigenvalue weighted by molar-refractivity contribution is 5.64. The summed E-state index contributed by atoms with van der Waals surface area (Å²) >= 11 is 0. The van der Waals surface area contributed by atoms with Crippen molar-refractivity contribution >= 4 is 0 Å². The predicted molar refractivity (Wildman–Crippen MR) is 60.8 cm³/mol. The van der Waals surface area contributed by atoms with Crippen molar-refractivity contribution in [3.63, 3.8) is 0 Å². The van der Waals surface area contributed by atoms with E-state index >= 15 is 0 Å². The molecule has 5 heteroatoms. The Hall–Kier alpha value is -2.01. The van der Waals surface area contributed by atoms with Crippen molar-refractivity contribution in [2.24, 2.45) is 0 Å². The lowest BCUT2D eigenvalue weighted by Gasteiger charge is -1.98. The standard InChI is InChI=1S/C12H12N2O3/c1-13-6-9-5-10(14-17-9)8-2-3-11-12(4-8)16-7-15-11/h2-5,13H,6-7H2,1H3. The van der Waals surface area contributed by atoms with E-state index in [9.17, 15) is 0 Å². The van der Waals surface area contributed by atoms with Gasteiger partial charge in [0.25, 0.3) is 0 Å². The van der Waals surface area contributed by atoms with Gasteiger partial charge in [-0.15, -0.1) is 0 Å². The maximum Gasteiger partial charge on any atom is 0.231 e. The van der Waals surface area contributed by atoms with Gasteiger partial charge in [0.1, 0.15) is 5.69 Å². The van der Waals surface area contributed by atoms with Crippen LogP contribution in [-0.4, -0.2) is 19.0 Å². The van der Waals surface area contributed by atoms with E-state index in [1.165, 1.54) is 0 Å². The Labute approximate surface area is 98.3 Å². The van der Waals surface area contributed by atoms with Gasteiger partial charge in [-0.1, -0.05) is 5.16 Å². The Bertz CT molecular complexity index is 536. The van der Waals surface area contributed by atoms with Gasteiger partial charge in [0.05, 0.1) is 6.54 Å². The second-order valence-corrected chi connectivity index (χ2v) is 3.78. The third-order valence-corrected chi connectivity index (χ3v) is 2.58. The molecule has 0 unspecified atom stereocenters. The largest absolute Gasteiger partial charge is 0.454 e. The fraction of sp³-hybridized carbons (Fsp3) is 0.250. The molecule has 2 heterocycles. The van der Waals surface area contributed by atoms with Gasteiger partial charge in [0.2, 0.25) is 6.79 Å². The summed E-state index contributed by atoms with van der Waals surface area (Å²) in [5, 5.41) is 7.03. The summed E-state index contributed by atoms with van der Waals surface area (Å²) < 4.78 is 15.8. The molecule has 17 heavy (non-hydrogen) atoms. The van der Waals surface area contributed by atoms with Gasteiger partial charge in [0.15, 0.2) is 17.3 Å². The van der Waals surface area contributed by atoms with Crippen molar-refractivity contribution in [3.05, 3.63) is 30.0 Å². The number of rotatable bonds is 3. The monoisotopic (exact) mass is 232 g/mol. The fourth-order valence-corrected chi connectivity index (χ4v) is 1.76. The van der Waals surface area contributed by atoms with Gasteiger partial charge in [-0.3, -0.25) is 0 Å². The minimum atomic E-state index is 0.280. The van der Waals surface area contributed by atoms with E-state index in [0.717, 1.165) is 28.5 Å². The van der Waals surface area contributed by atoms with Gasteiger partial charge in [0, 0.05) is 11.6 Å². The third-order valence-electron chi connectivity index (χ3n) is 2.58. The lowest BCUT2D eigenvalue weighted by Crippen LogP contribution is -2.03. The van der Waals surface area contributed by atoms with Gasteiger partial charge >= 0.3 is 0 Å². The first kappa shape index (κ1) is 10.2. The molecule has 1 aliphatic rings. The summed E-state index contributed by atoms with van der Waals surface area (Å²) in [6.45, 7) is 0.945. The van der Waals surface area contributed by atoms with E-state index in [2.05, 4.69) is 10.5 Å². The summed E-state index contributed by atoms with van der Waals surface area (Å²) in [6, 6.07) is 7.63. The first-order chi connectivity index (χ1) is 8.36. The van der Waals surface area contributed by atoms with Crippen LogP contribution in [0.5, 0.6) is 11.5 Å². The number of fused-ring (bicyclic) bond motifs is 1. The van der Waals surface area contributed by atoms with Crippen LogP contribution >= 0.6 is 0 Å². The van der Waals surface area contributed by atoms with Crippen LogP contribution in [0.4, 0.5) is 0 Å². The highest BCUT2D eigenvalue weighted by atomic mass is 16.7. The van der Waals surface area contributed by atoms with Crippen molar-refractivity contribution in [2.75, 3.05) is 13.8 Å². The lowest BCUT2D eigenvalue weighted by molar-refractivity contribution is 0.174. The number of aromatic nitrogens is 1. The van der Waals surface area contributed by atoms with Crippen molar-refractivity contribution < 1.29 is 14.0 Å². The molecule has 1 aromatic carbocycles. The molecule has 0 saturated heterocycles. The Kier molecular flexibility index (Phi) is 2.45. The SMILES string of the molecule is CNCc1cc(-c2ccc3c(c2)OCO3)no1. The minimum absolute atomic E-state index is 0.280. The summed E-state index contributed by atoms with van der Waals surface area (Å²) in [6.07, 6.45) is 0.